The summed E-state index contributed by atoms with van der Waals surface area (Å²) < 4.78 is 0. The van der Waals surface area contributed by atoms with Gasteiger partial charge in [0.2, 0.25) is 5.95 Å². The van der Waals surface area contributed by atoms with Crippen molar-refractivity contribution in [1.82, 2.24) is 9.97 Å². The van der Waals surface area contributed by atoms with Crippen LogP contribution in [-0.4, -0.2) is 22.6 Å². The van der Waals surface area contributed by atoms with Crippen LogP contribution in [0.4, 0.5) is 5.95 Å². The summed E-state index contributed by atoms with van der Waals surface area (Å²) in [6.45, 7) is 2.55. The number of rotatable bonds is 4. The summed E-state index contributed by atoms with van der Waals surface area (Å²) in [6, 6.07) is 10.2. The quantitative estimate of drug-likeness (QED) is 0.839. The normalized spacial score (nSPS) is 12.1. The molecule has 2 aromatic rings. The van der Waals surface area contributed by atoms with Gasteiger partial charge in [-0.05, 0) is 12.5 Å². The Kier molecular flexibility index (Phi) is 3.67. The monoisotopic (exact) mass is 228 g/mol. The van der Waals surface area contributed by atoms with Crippen LogP contribution < -0.4 is 11.1 Å². The van der Waals surface area contributed by atoms with Crippen molar-refractivity contribution < 1.29 is 0 Å². The van der Waals surface area contributed by atoms with Crippen molar-refractivity contribution in [2.75, 3.05) is 11.9 Å². The van der Waals surface area contributed by atoms with Crippen molar-refractivity contribution in [1.29, 1.82) is 0 Å². The molecule has 4 heteroatoms. The summed E-state index contributed by atoms with van der Waals surface area (Å²) in [5.74, 6) is 0.614. The molecule has 1 atom stereocenters. The molecule has 0 aliphatic heterocycles. The second-order valence-electron chi connectivity index (χ2n) is 3.94. The zero-order chi connectivity index (χ0) is 12.1. The predicted molar refractivity (Wildman–Crippen MR) is 69.6 cm³/mol. The number of aromatic nitrogens is 2. The van der Waals surface area contributed by atoms with Gasteiger partial charge in [0.05, 0.1) is 0 Å². The van der Waals surface area contributed by atoms with E-state index in [4.69, 9.17) is 5.73 Å². The molecule has 88 valence electrons. The van der Waals surface area contributed by atoms with Crippen molar-refractivity contribution in [3.63, 3.8) is 0 Å². The van der Waals surface area contributed by atoms with Gasteiger partial charge in [0.15, 0.2) is 0 Å². The van der Waals surface area contributed by atoms with Crippen LogP contribution >= 0.6 is 0 Å². The highest BCUT2D eigenvalue weighted by Gasteiger charge is 2.02. The maximum Gasteiger partial charge on any atom is 0.222 e. The van der Waals surface area contributed by atoms with Gasteiger partial charge in [-0.15, -0.1) is 0 Å². The first-order chi connectivity index (χ1) is 8.29. The molecule has 2 rings (SSSR count). The lowest BCUT2D eigenvalue weighted by Crippen LogP contribution is -2.26. The minimum absolute atomic E-state index is 0.178. The van der Waals surface area contributed by atoms with Crippen molar-refractivity contribution in [3.05, 3.63) is 42.7 Å². The molecule has 0 saturated carbocycles. The summed E-state index contributed by atoms with van der Waals surface area (Å²) in [5.41, 5.74) is 7.65. The average molecular weight is 228 g/mol. The van der Waals surface area contributed by atoms with E-state index in [1.165, 1.54) is 0 Å². The lowest BCUT2D eigenvalue weighted by Gasteiger charge is -2.10. The van der Waals surface area contributed by atoms with E-state index in [0.29, 0.717) is 12.5 Å². The Morgan fingerprint density at radius 2 is 1.76 bits per heavy atom. The third-order valence-electron chi connectivity index (χ3n) is 2.49. The number of nitrogens with one attached hydrogen (secondary N) is 1. The number of hydrogen-bond donors (Lipinski definition) is 2. The molecule has 0 saturated heterocycles. The molecule has 0 aliphatic rings. The minimum atomic E-state index is 0.178. The van der Waals surface area contributed by atoms with Crippen LogP contribution in [0.25, 0.3) is 11.1 Å². The molecule has 0 bridgehead atoms. The molecule has 1 aromatic carbocycles. The van der Waals surface area contributed by atoms with E-state index in [1.54, 1.807) is 0 Å². The van der Waals surface area contributed by atoms with Crippen LogP contribution in [0.3, 0.4) is 0 Å². The van der Waals surface area contributed by atoms with Gasteiger partial charge in [-0.2, -0.15) is 0 Å². The highest BCUT2D eigenvalue weighted by molar-refractivity contribution is 5.61. The van der Waals surface area contributed by atoms with Gasteiger partial charge in [-0.1, -0.05) is 30.3 Å². The fraction of sp³-hybridized carbons (Fsp3) is 0.231. The third kappa shape index (κ3) is 3.01. The smallest absolute Gasteiger partial charge is 0.222 e. The molecule has 0 spiro atoms. The Labute approximate surface area is 101 Å². The van der Waals surface area contributed by atoms with Gasteiger partial charge in [0, 0.05) is 30.5 Å². The van der Waals surface area contributed by atoms with Crippen LogP contribution in [0.2, 0.25) is 0 Å². The number of nitrogens with zero attached hydrogens (tertiary/aromatic N) is 2. The first-order valence-corrected chi connectivity index (χ1v) is 5.63. The molecule has 4 nitrogen and oxygen atoms in total. The van der Waals surface area contributed by atoms with Gasteiger partial charge in [0.1, 0.15) is 0 Å². The number of hydrogen-bond acceptors (Lipinski definition) is 4. The van der Waals surface area contributed by atoms with Crippen LogP contribution in [-0.2, 0) is 0 Å². The van der Waals surface area contributed by atoms with Crippen LogP contribution in [0.5, 0.6) is 0 Å². The molecule has 0 fully saturated rings. The number of anilines is 1. The summed E-state index contributed by atoms with van der Waals surface area (Å²) >= 11 is 0. The van der Waals surface area contributed by atoms with Gasteiger partial charge in [-0.3, -0.25) is 0 Å². The lowest BCUT2D eigenvalue weighted by molar-refractivity contribution is 0.790. The zero-order valence-electron chi connectivity index (χ0n) is 9.80. The molecular weight excluding hydrogens is 212 g/mol. The van der Waals surface area contributed by atoms with Gasteiger partial charge >= 0.3 is 0 Å². The van der Waals surface area contributed by atoms with Crippen LogP contribution in [0.15, 0.2) is 42.7 Å². The molecule has 3 N–H and O–H groups in total. The fourth-order valence-electron chi connectivity index (χ4n) is 1.46. The zero-order valence-corrected chi connectivity index (χ0v) is 9.80. The SMILES string of the molecule is CC(CN)Nc1ncc(-c2ccccc2)cn1. The maximum absolute atomic E-state index is 5.52. The van der Waals surface area contributed by atoms with Gasteiger partial charge in [-0.25, -0.2) is 9.97 Å². The first kappa shape index (κ1) is 11.5. The van der Waals surface area contributed by atoms with Crippen molar-refractivity contribution in [2.24, 2.45) is 5.73 Å². The number of benzene rings is 1. The first-order valence-electron chi connectivity index (χ1n) is 5.63. The summed E-state index contributed by atoms with van der Waals surface area (Å²) in [7, 11) is 0. The number of nitrogens with two attached hydrogens (primary N) is 1. The van der Waals surface area contributed by atoms with E-state index in [1.807, 2.05) is 49.6 Å². The summed E-state index contributed by atoms with van der Waals surface area (Å²) in [6.07, 6.45) is 3.63. The fourth-order valence-corrected chi connectivity index (χ4v) is 1.46. The predicted octanol–water partition coefficient (Wildman–Crippen LogP) is 1.90. The van der Waals surface area contributed by atoms with Crippen molar-refractivity contribution >= 4 is 5.95 Å². The highest BCUT2D eigenvalue weighted by Crippen LogP contribution is 2.17. The summed E-state index contributed by atoms with van der Waals surface area (Å²) in [5, 5.41) is 3.12. The lowest BCUT2D eigenvalue weighted by atomic mass is 10.1. The van der Waals surface area contributed by atoms with E-state index in [9.17, 15) is 0 Å². The molecule has 17 heavy (non-hydrogen) atoms. The molecule has 0 radical (unpaired) electrons. The average Bonchev–Trinajstić information content (AvgIpc) is 2.40. The minimum Gasteiger partial charge on any atom is -0.351 e. The Balaban J connectivity index is 2.13. The van der Waals surface area contributed by atoms with E-state index in [0.717, 1.165) is 11.1 Å². The largest absolute Gasteiger partial charge is 0.351 e. The Morgan fingerprint density at radius 3 is 2.35 bits per heavy atom. The van der Waals surface area contributed by atoms with Gasteiger partial charge < -0.3 is 11.1 Å². The summed E-state index contributed by atoms with van der Waals surface area (Å²) in [4.78, 5) is 8.53. The molecule has 0 aliphatic carbocycles. The van der Waals surface area contributed by atoms with E-state index < -0.39 is 0 Å². The second-order valence-corrected chi connectivity index (χ2v) is 3.94. The maximum atomic E-state index is 5.52. The molecule has 1 heterocycles. The van der Waals surface area contributed by atoms with Crippen LogP contribution in [0.1, 0.15) is 6.92 Å². The van der Waals surface area contributed by atoms with Crippen molar-refractivity contribution in [3.8, 4) is 11.1 Å². The topological polar surface area (TPSA) is 63.8 Å². The highest BCUT2D eigenvalue weighted by atomic mass is 15.1. The molecule has 1 unspecified atom stereocenters. The van der Waals surface area contributed by atoms with E-state index >= 15 is 0 Å². The van der Waals surface area contributed by atoms with Gasteiger partial charge in [0.25, 0.3) is 0 Å². The molecule has 1 aromatic heterocycles. The molecule has 0 amide bonds. The molecular formula is C13H16N4. The second kappa shape index (κ2) is 5.41. The standard InChI is InChI=1S/C13H16N4/c1-10(7-14)17-13-15-8-12(9-16-13)11-5-3-2-4-6-11/h2-6,8-10H,7,14H2,1H3,(H,15,16,17). The van der Waals surface area contributed by atoms with E-state index in [2.05, 4.69) is 15.3 Å². The van der Waals surface area contributed by atoms with E-state index in [-0.39, 0.29) is 6.04 Å². The Bertz CT molecular complexity index is 453. The third-order valence-corrected chi connectivity index (χ3v) is 2.49. The van der Waals surface area contributed by atoms with Crippen molar-refractivity contribution in [2.45, 2.75) is 13.0 Å². The Morgan fingerprint density at radius 1 is 1.12 bits per heavy atom. The van der Waals surface area contributed by atoms with Crippen LogP contribution in [0, 0.1) is 0 Å². The Hall–Kier alpha value is -1.94.